The van der Waals surface area contributed by atoms with E-state index in [-0.39, 0.29) is 17.9 Å². The maximum absolute atomic E-state index is 12.4. The molecule has 29 heavy (non-hydrogen) atoms. The van der Waals surface area contributed by atoms with Crippen LogP contribution in [0.5, 0.6) is 0 Å². The van der Waals surface area contributed by atoms with Gasteiger partial charge in [-0.15, -0.1) is 0 Å². The lowest BCUT2D eigenvalue weighted by Crippen LogP contribution is -2.49. The smallest absolute Gasteiger partial charge is 0.410 e. The third kappa shape index (κ3) is 8.11. The summed E-state index contributed by atoms with van der Waals surface area (Å²) in [5.74, 6) is 1.77. The molecule has 0 spiro atoms. The molecule has 0 atom stereocenters. The Morgan fingerprint density at radius 2 is 1.72 bits per heavy atom. The first kappa shape index (κ1) is 23.3. The number of nitrogens with zero attached hydrogens (tertiary/aromatic N) is 3. The predicted octanol–water partition coefficient (Wildman–Crippen LogP) is 2.06. The van der Waals surface area contributed by atoms with E-state index < -0.39 is 5.60 Å². The molecular formula is C21H39N5O3. The van der Waals surface area contributed by atoms with Crippen LogP contribution in [0.25, 0.3) is 0 Å². The number of piperidine rings is 1. The number of carbonyl (C=O) groups excluding carboxylic acids is 2. The van der Waals surface area contributed by atoms with Crippen molar-refractivity contribution in [3.05, 3.63) is 0 Å². The number of amides is 2. The molecule has 2 fully saturated rings. The summed E-state index contributed by atoms with van der Waals surface area (Å²) in [5, 5.41) is 6.31. The molecule has 166 valence electrons. The van der Waals surface area contributed by atoms with Gasteiger partial charge in [-0.05, 0) is 59.3 Å². The number of carbonyl (C=O) groups is 2. The molecule has 0 aromatic carbocycles. The first-order chi connectivity index (χ1) is 13.7. The molecule has 8 nitrogen and oxygen atoms in total. The molecule has 2 rings (SSSR count). The highest BCUT2D eigenvalue weighted by Gasteiger charge is 2.29. The molecular weight excluding hydrogens is 370 g/mol. The van der Waals surface area contributed by atoms with Crippen molar-refractivity contribution in [2.24, 2.45) is 16.8 Å². The third-order valence-electron chi connectivity index (χ3n) is 5.29. The Morgan fingerprint density at radius 1 is 1.10 bits per heavy atom. The number of hydrogen-bond donors (Lipinski definition) is 2. The van der Waals surface area contributed by atoms with E-state index in [1.54, 1.807) is 11.9 Å². The molecule has 2 aliphatic rings. The molecule has 1 saturated carbocycles. The quantitative estimate of drug-likeness (QED) is 0.382. The van der Waals surface area contributed by atoms with Gasteiger partial charge in [-0.3, -0.25) is 9.79 Å². The minimum Gasteiger partial charge on any atom is -0.444 e. The number of guanidine groups is 1. The number of rotatable bonds is 7. The summed E-state index contributed by atoms with van der Waals surface area (Å²) in [4.78, 5) is 32.5. The van der Waals surface area contributed by atoms with E-state index in [1.807, 2.05) is 27.7 Å². The van der Waals surface area contributed by atoms with Gasteiger partial charge in [0.05, 0.1) is 0 Å². The summed E-state index contributed by atoms with van der Waals surface area (Å²) in [6.07, 6.45) is 3.85. The van der Waals surface area contributed by atoms with Crippen molar-refractivity contribution in [3.63, 3.8) is 0 Å². The van der Waals surface area contributed by atoms with Gasteiger partial charge in [0.15, 0.2) is 5.96 Å². The lowest BCUT2D eigenvalue weighted by molar-refractivity contribution is -0.122. The van der Waals surface area contributed by atoms with Gasteiger partial charge in [-0.25, -0.2) is 4.79 Å². The van der Waals surface area contributed by atoms with E-state index in [4.69, 9.17) is 4.74 Å². The fraction of sp³-hybridized carbons (Fsp3) is 0.857. The number of aliphatic imine (C=N–C) groups is 1. The number of nitrogens with one attached hydrogen (secondary N) is 2. The Bertz CT molecular complexity index is 575. The van der Waals surface area contributed by atoms with Crippen LogP contribution >= 0.6 is 0 Å². The van der Waals surface area contributed by atoms with Gasteiger partial charge < -0.3 is 25.2 Å². The zero-order chi connectivity index (χ0) is 21.4. The van der Waals surface area contributed by atoms with Crippen LogP contribution < -0.4 is 10.6 Å². The molecule has 0 bridgehead atoms. The number of likely N-dealkylation sites (tertiary alicyclic amines) is 1. The van der Waals surface area contributed by atoms with Gasteiger partial charge in [0, 0.05) is 52.2 Å². The maximum Gasteiger partial charge on any atom is 0.410 e. The van der Waals surface area contributed by atoms with Gasteiger partial charge in [0.2, 0.25) is 5.91 Å². The number of ether oxygens (including phenoxy) is 1. The highest BCUT2D eigenvalue weighted by Crippen LogP contribution is 2.28. The largest absolute Gasteiger partial charge is 0.444 e. The molecule has 8 heteroatoms. The van der Waals surface area contributed by atoms with Crippen molar-refractivity contribution >= 4 is 18.0 Å². The van der Waals surface area contributed by atoms with Crippen molar-refractivity contribution in [2.75, 3.05) is 46.3 Å². The van der Waals surface area contributed by atoms with Gasteiger partial charge in [0.1, 0.15) is 5.60 Å². The summed E-state index contributed by atoms with van der Waals surface area (Å²) in [6.45, 7) is 12.2. The Balaban J connectivity index is 1.70. The van der Waals surface area contributed by atoms with Crippen molar-refractivity contribution in [3.8, 4) is 0 Å². The normalized spacial score (nSPS) is 18.4. The van der Waals surface area contributed by atoms with Crippen LogP contribution in [-0.4, -0.2) is 79.7 Å². The second kappa shape index (κ2) is 10.7. The van der Waals surface area contributed by atoms with E-state index in [0.717, 1.165) is 51.3 Å². The molecule has 0 radical (unpaired) electrons. The first-order valence-corrected chi connectivity index (χ1v) is 10.9. The van der Waals surface area contributed by atoms with Crippen molar-refractivity contribution in [1.29, 1.82) is 0 Å². The van der Waals surface area contributed by atoms with E-state index in [1.165, 1.54) is 0 Å². The topological polar surface area (TPSA) is 86.3 Å². The Hall–Kier alpha value is -1.99. The molecule has 0 aromatic rings. The molecule has 2 amide bonds. The zero-order valence-corrected chi connectivity index (χ0v) is 18.8. The molecule has 2 N–H and O–H groups in total. The van der Waals surface area contributed by atoms with E-state index in [2.05, 4.69) is 20.5 Å². The first-order valence-electron chi connectivity index (χ1n) is 10.9. The molecule has 1 aliphatic heterocycles. The maximum atomic E-state index is 12.4. The Kier molecular flexibility index (Phi) is 8.59. The molecule has 0 unspecified atom stereocenters. The standard InChI is InChI=1S/C21H39N5O3/c1-6-25(20(28)29-21(2,3)4)15-16-9-13-26(14-10-16)19(22-5)24-12-11-23-18(27)17-7-8-17/h16-17H,6-15H2,1-5H3,(H,22,24)(H,23,27). The monoisotopic (exact) mass is 409 g/mol. The predicted molar refractivity (Wildman–Crippen MR) is 115 cm³/mol. The van der Waals surface area contributed by atoms with Crippen molar-refractivity contribution < 1.29 is 14.3 Å². The van der Waals surface area contributed by atoms with E-state index in [9.17, 15) is 9.59 Å². The SMILES string of the molecule is CCN(CC1CCN(C(=NC)NCCNC(=O)C2CC2)CC1)C(=O)OC(C)(C)C. The number of hydrogen-bond acceptors (Lipinski definition) is 4. The summed E-state index contributed by atoms with van der Waals surface area (Å²) in [5.41, 5.74) is -0.468. The molecule has 1 heterocycles. The molecule has 0 aromatic heterocycles. The highest BCUT2D eigenvalue weighted by atomic mass is 16.6. The second-order valence-electron chi connectivity index (χ2n) is 8.99. The Morgan fingerprint density at radius 3 is 2.24 bits per heavy atom. The summed E-state index contributed by atoms with van der Waals surface area (Å²) in [7, 11) is 1.79. The zero-order valence-electron chi connectivity index (χ0n) is 18.8. The summed E-state index contributed by atoms with van der Waals surface area (Å²) in [6, 6.07) is 0. The second-order valence-corrected chi connectivity index (χ2v) is 8.99. The fourth-order valence-corrected chi connectivity index (χ4v) is 3.48. The van der Waals surface area contributed by atoms with E-state index in [0.29, 0.717) is 25.6 Å². The molecule has 1 aliphatic carbocycles. The van der Waals surface area contributed by atoms with Gasteiger partial charge in [0.25, 0.3) is 0 Å². The van der Waals surface area contributed by atoms with Crippen LogP contribution in [0.2, 0.25) is 0 Å². The van der Waals surface area contributed by atoms with E-state index >= 15 is 0 Å². The third-order valence-corrected chi connectivity index (χ3v) is 5.29. The summed E-state index contributed by atoms with van der Waals surface area (Å²) >= 11 is 0. The molecule has 1 saturated heterocycles. The van der Waals surface area contributed by atoms with Crippen LogP contribution in [0, 0.1) is 11.8 Å². The summed E-state index contributed by atoms with van der Waals surface area (Å²) < 4.78 is 5.52. The van der Waals surface area contributed by atoms with Gasteiger partial charge in [-0.2, -0.15) is 0 Å². The lowest BCUT2D eigenvalue weighted by Gasteiger charge is -2.36. The van der Waals surface area contributed by atoms with Crippen LogP contribution in [0.4, 0.5) is 4.79 Å². The van der Waals surface area contributed by atoms with Crippen molar-refractivity contribution in [2.45, 2.75) is 59.0 Å². The average molecular weight is 410 g/mol. The minimum atomic E-state index is -0.468. The average Bonchev–Trinajstić information content (AvgIpc) is 3.50. The minimum absolute atomic E-state index is 0.174. The highest BCUT2D eigenvalue weighted by molar-refractivity contribution is 5.81. The fourth-order valence-electron chi connectivity index (χ4n) is 3.48. The van der Waals surface area contributed by atoms with Crippen molar-refractivity contribution in [1.82, 2.24) is 20.4 Å². The van der Waals surface area contributed by atoms with Crippen LogP contribution in [0.1, 0.15) is 53.4 Å². The van der Waals surface area contributed by atoms with Crippen LogP contribution in [0.15, 0.2) is 4.99 Å². The van der Waals surface area contributed by atoms with Crippen LogP contribution in [-0.2, 0) is 9.53 Å². The lowest BCUT2D eigenvalue weighted by atomic mass is 9.96. The Labute approximate surface area is 175 Å². The van der Waals surface area contributed by atoms with Gasteiger partial charge >= 0.3 is 6.09 Å². The van der Waals surface area contributed by atoms with Gasteiger partial charge in [-0.1, -0.05) is 0 Å². The van der Waals surface area contributed by atoms with Crippen LogP contribution in [0.3, 0.4) is 0 Å².